The second kappa shape index (κ2) is 5.96. The molecule has 6 nitrogen and oxygen atoms in total. The first-order valence-corrected chi connectivity index (χ1v) is 9.01. The molecule has 3 rings (SSSR count). The first kappa shape index (κ1) is 16.0. The Bertz CT molecular complexity index is 899. The third-order valence-corrected chi connectivity index (χ3v) is 5.83. The molecule has 120 valence electrons. The van der Waals surface area contributed by atoms with Gasteiger partial charge in [0.15, 0.2) is 0 Å². The van der Waals surface area contributed by atoms with Crippen LogP contribution in [0, 0.1) is 11.3 Å². The maximum Gasteiger partial charge on any atom is 0.241 e. The summed E-state index contributed by atoms with van der Waals surface area (Å²) in [5, 5.41) is 13.2. The quantitative estimate of drug-likeness (QED) is 0.920. The van der Waals surface area contributed by atoms with Crippen molar-refractivity contribution in [2.45, 2.75) is 30.2 Å². The van der Waals surface area contributed by atoms with Crippen molar-refractivity contribution in [1.29, 1.82) is 5.26 Å². The molecule has 8 heteroatoms. The number of nitrogens with one attached hydrogen (secondary N) is 1. The molecule has 0 amide bonds. The highest BCUT2D eigenvalue weighted by molar-refractivity contribution is 7.89. The molecule has 1 aromatic carbocycles. The summed E-state index contributed by atoms with van der Waals surface area (Å²) in [6.07, 6.45) is 4.23. The fourth-order valence-electron chi connectivity index (χ4n) is 2.84. The zero-order valence-corrected chi connectivity index (χ0v) is 14.0. The van der Waals surface area contributed by atoms with Gasteiger partial charge in [-0.2, -0.15) is 10.4 Å². The van der Waals surface area contributed by atoms with Crippen molar-refractivity contribution in [3.63, 3.8) is 0 Å². The van der Waals surface area contributed by atoms with Crippen molar-refractivity contribution in [3.05, 3.63) is 46.2 Å². The van der Waals surface area contributed by atoms with Gasteiger partial charge in [-0.1, -0.05) is 11.6 Å². The van der Waals surface area contributed by atoms with Crippen LogP contribution in [-0.2, 0) is 23.5 Å². The number of aryl methyl sites for hydroxylation is 1. The monoisotopic (exact) mass is 350 g/mol. The van der Waals surface area contributed by atoms with Crippen molar-refractivity contribution >= 4 is 21.6 Å². The van der Waals surface area contributed by atoms with E-state index < -0.39 is 10.0 Å². The van der Waals surface area contributed by atoms with Crippen LogP contribution in [0.25, 0.3) is 0 Å². The molecule has 1 atom stereocenters. The Morgan fingerprint density at radius 2 is 2.26 bits per heavy atom. The van der Waals surface area contributed by atoms with Gasteiger partial charge in [-0.25, -0.2) is 13.1 Å². The predicted molar refractivity (Wildman–Crippen MR) is 85.4 cm³/mol. The van der Waals surface area contributed by atoms with E-state index in [2.05, 4.69) is 9.82 Å². The van der Waals surface area contributed by atoms with Crippen LogP contribution in [0.4, 0.5) is 0 Å². The summed E-state index contributed by atoms with van der Waals surface area (Å²) in [6.45, 7) is 0. The zero-order chi connectivity index (χ0) is 16.6. The maximum atomic E-state index is 12.6. The van der Waals surface area contributed by atoms with Gasteiger partial charge in [0.1, 0.15) is 6.07 Å². The zero-order valence-electron chi connectivity index (χ0n) is 12.5. The number of sulfonamides is 1. The van der Waals surface area contributed by atoms with E-state index in [1.807, 2.05) is 13.1 Å². The van der Waals surface area contributed by atoms with Crippen molar-refractivity contribution < 1.29 is 8.42 Å². The minimum atomic E-state index is -3.72. The Hall–Kier alpha value is -1.88. The number of hydrogen-bond donors (Lipinski definition) is 1. The van der Waals surface area contributed by atoms with Crippen LogP contribution in [0.5, 0.6) is 0 Å². The van der Waals surface area contributed by atoms with Gasteiger partial charge < -0.3 is 0 Å². The molecule has 1 aliphatic rings. The number of hydrogen-bond acceptors (Lipinski definition) is 4. The molecule has 1 heterocycles. The Morgan fingerprint density at radius 1 is 1.48 bits per heavy atom. The molecule has 0 aliphatic heterocycles. The Kier molecular flexibility index (Phi) is 4.15. The number of rotatable bonds is 3. The van der Waals surface area contributed by atoms with Crippen LogP contribution in [0.3, 0.4) is 0 Å². The highest BCUT2D eigenvalue weighted by atomic mass is 35.5. The van der Waals surface area contributed by atoms with Crippen molar-refractivity contribution in [3.8, 4) is 6.07 Å². The van der Waals surface area contributed by atoms with Crippen LogP contribution in [0.1, 0.15) is 35.7 Å². The van der Waals surface area contributed by atoms with Crippen molar-refractivity contribution in [1.82, 2.24) is 14.5 Å². The van der Waals surface area contributed by atoms with Crippen LogP contribution in [-0.4, -0.2) is 18.2 Å². The molecule has 0 spiro atoms. The van der Waals surface area contributed by atoms with Gasteiger partial charge in [0.05, 0.1) is 27.7 Å². The minimum Gasteiger partial charge on any atom is -0.272 e. The summed E-state index contributed by atoms with van der Waals surface area (Å²) in [5.41, 5.74) is 2.22. The first-order valence-electron chi connectivity index (χ1n) is 7.15. The van der Waals surface area contributed by atoms with E-state index in [0.29, 0.717) is 0 Å². The molecule has 0 bridgehead atoms. The van der Waals surface area contributed by atoms with E-state index in [9.17, 15) is 8.42 Å². The van der Waals surface area contributed by atoms with E-state index >= 15 is 0 Å². The molecule has 1 N–H and O–H groups in total. The summed E-state index contributed by atoms with van der Waals surface area (Å²) in [6, 6.07) is 5.71. The third kappa shape index (κ3) is 2.98. The van der Waals surface area contributed by atoms with E-state index in [1.54, 1.807) is 10.9 Å². The molecule has 0 fully saturated rings. The lowest BCUT2D eigenvalue weighted by molar-refractivity contribution is 0.498. The van der Waals surface area contributed by atoms with Crippen LogP contribution in [0.2, 0.25) is 5.02 Å². The lowest BCUT2D eigenvalue weighted by Crippen LogP contribution is -2.31. The highest BCUT2D eigenvalue weighted by Gasteiger charge is 2.28. The number of aromatic nitrogens is 2. The Labute approximate surface area is 139 Å². The van der Waals surface area contributed by atoms with E-state index in [1.165, 1.54) is 18.2 Å². The molecule has 2 aromatic rings. The van der Waals surface area contributed by atoms with Gasteiger partial charge >= 0.3 is 0 Å². The minimum absolute atomic E-state index is 0.0533. The second-order valence-electron chi connectivity index (χ2n) is 5.49. The highest BCUT2D eigenvalue weighted by Crippen LogP contribution is 2.31. The maximum absolute atomic E-state index is 12.6. The number of fused-ring (bicyclic) bond motifs is 1. The first-order chi connectivity index (χ1) is 10.9. The van der Waals surface area contributed by atoms with Crippen LogP contribution in [0.15, 0.2) is 29.3 Å². The van der Waals surface area contributed by atoms with Gasteiger partial charge in [0, 0.05) is 18.3 Å². The summed E-state index contributed by atoms with van der Waals surface area (Å²) in [5.74, 6) is 0. The summed E-state index contributed by atoms with van der Waals surface area (Å²) >= 11 is 5.93. The topological polar surface area (TPSA) is 87.8 Å². The fourth-order valence-corrected chi connectivity index (χ4v) is 4.40. The number of nitriles is 1. The summed E-state index contributed by atoms with van der Waals surface area (Å²) in [7, 11) is -1.86. The summed E-state index contributed by atoms with van der Waals surface area (Å²) < 4.78 is 29.7. The molecule has 0 saturated carbocycles. The lowest BCUT2D eigenvalue weighted by atomic mass is 9.94. The molecule has 0 radical (unpaired) electrons. The van der Waals surface area contributed by atoms with Crippen LogP contribution < -0.4 is 4.72 Å². The normalized spacial score (nSPS) is 17.5. The average molecular weight is 351 g/mol. The van der Waals surface area contributed by atoms with Gasteiger partial charge in [0.25, 0.3) is 0 Å². The molecule has 0 saturated heterocycles. The van der Waals surface area contributed by atoms with Gasteiger partial charge in [-0.3, -0.25) is 4.68 Å². The van der Waals surface area contributed by atoms with E-state index in [0.717, 1.165) is 30.5 Å². The van der Waals surface area contributed by atoms with Crippen LogP contribution >= 0.6 is 11.6 Å². The van der Waals surface area contributed by atoms with Gasteiger partial charge in [0.2, 0.25) is 10.0 Å². The molecule has 23 heavy (non-hydrogen) atoms. The Morgan fingerprint density at radius 3 is 2.96 bits per heavy atom. The Balaban J connectivity index is 1.91. The van der Waals surface area contributed by atoms with Crippen molar-refractivity contribution in [2.24, 2.45) is 7.05 Å². The molecular formula is C15H15ClN4O2S. The van der Waals surface area contributed by atoms with Gasteiger partial charge in [-0.15, -0.1) is 0 Å². The number of benzene rings is 1. The van der Waals surface area contributed by atoms with E-state index in [4.69, 9.17) is 16.9 Å². The average Bonchev–Trinajstić information content (AvgIpc) is 2.90. The lowest BCUT2D eigenvalue weighted by Gasteiger charge is -2.23. The smallest absolute Gasteiger partial charge is 0.241 e. The largest absolute Gasteiger partial charge is 0.272 e. The van der Waals surface area contributed by atoms with E-state index in [-0.39, 0.29) is 21.5 Å². The second-order valence-corrected chi connectivity index (χ2v) is 7.61. The van der Waals surface area contributed by atoms with Gasteiger partial charge in [-0.05, 0) is 37.5 Å². The molecule has 1 unspecified atom stereocenters. The SMILES string of the molecule is Cn1ncc2c1CCCC2NS(=O)(=O)c1ccc(C#N)c(Cl)c1. The molecule has 1 aliphatic carbocycles. The summed E-state index contributed by atoms with van der Waals surface area (Å²) in [4.78, 5) is 0.0533. The number of nitrogens with zero attached hydrogens (tertiary/aromatic N) is 3. The number of halogens is 1. The third-order valence-electron chi connectivity index (χ3n) is 4.04. The molecule has 1 aromatic heterocycles. The fraction of sp³-hybridized carbons (Fsp3) is 0.333. The molecular weight excluding hydrogens is 336 g/mol. The van der Waals surface area contributed by atoms with Crippen molar-refractivity contribution in [2.75, 3.05) is 0 Å². The standard InChI is InChI=1S/C15H15ClN4O2S/c1-20-15-4-2-3-14(12(15)9-18-20)19-23(21,22)11-6-5-10(8-17)13(16)7-11/h5-7,9,14,19H,2-4H2,1H3. The predicted octanol–water partition coefficient (Wildman–Crippen LogP) is 2.30.